The Morgan fingerprint density at radius 1 is 1.08 bits per heavy atom. The average molecular weight is 364 g/mol. The monoisotopic (exact) mass is 364 g/mol. The number of nitrogens with zero attached hydrogens (tertiary/aromatic N) is 1. The molecule has 136 valence electrons. The number of ketones is 1. The summed E-state index contributed by atoms with van der Waals surface area (Å²) < 4.78 is 31.7. The van der Waals surface area contributed by atoms with Crippen LogP contribution >= 0.6 is 0 Å². The molecule has 0 saturated carbocycles. The normalized spacial score (nSPS) is 10.8. The van der Waals surface area contributed by atoms with Crippen LogP contribution in [0.25, 0.3) is 0 Å². The van der Waals surface area contributed by atoms with Crippen LogP contribution in [-0.2, 0) is 16.7 Å². The van der Waals surface area contributed by atoms with Gasteiger partial charge < -0.3 is 0 Å². The van der Waals surface area contributed by atoms with Crippen molar-refractivity contribution in [2.75, 3.05) is 0 Å². The summed E-state index contributed by atoms with van der Waals surface area (Å²) in [5.41, 5.74) is 2.97. The molecule has 0 amide bonds. The third-order valence-corrected chi connectivity index (χ3v) is 4.60. The van der Waals surface area contributed by atoms with Gasteiger partial charge in [-0.2, -0.15) is 8.42 Å². The van der Waals surface area contributed by atoms with Gasteiger partial charge in [-0.15, -0.1) is 0 Å². The summed E-state index contributed by atoms with van der Waals surface area (Å²) in [7, 11) is -4.02. The van der Waals surface area contributed by atoms with Crippen molar-refractivity contribution < 1.29 is 22.3 Å². The minimum Gasteiger partial charge on any atom is -0.294 e. The molecule has 0 aliphatic heterocycles. The van der Waals surface area contributed by atoms with Gasteiger partial charge in [0.25, 0.3) is 10.1 Å². The second-order valence-corrected chi connectivity index (χ2v) is 7.37. The van der Waals surface area contributed by atoms with Gasteiger partial charge in [-0.25, -0.2) is 4.57 Å². The van der Waals surface area contributed by atoms with Gasteiger partial charge >= 0.3 is 0 Å². The van der Waals surface area contributed by atoms with Crippen LogP contribution in [0.4, 0.5) is 0 Å². The van der Waals surface area contributed by atoms with E-state index in [1.165, 1.54) is 24.2 Å². The first-order chi connectivity index (χ1) is 11.6. The number of hydrogen-bond donors (Lipinski definition) is 1. The van der Waals surface area contributed by atoms with Crippen LogP contribution in [-0.4, -0.2) is 18.8 Å². The van der Waals surface area contributed by atoms with E-state index < -0.39 is 10.1 Å². The Hall–Kier alpha value is -2.05. The third-order valence-electron chi connectivity index (χ3n) is 3.73. The van der Waals surface area contributed by atoms with E-state index in [-0.39, 0.29) is 10.7 Å². The van der Waals surface area contributed by atoms with Crippen molar-refractivity contribution in [3.8, 4) is 0 Å². The summed E-state index contributed by atoms with van der Waals surface area (Å²) in [5.74, 6) is 0.134. The molecule has 5 nitrogen and oxygen atoms in total. The number of rotatable bonds is 5. The predicted molar refractivity (Wildman–Crippen MR) is 97.3 cm³/mol. The molecular weight excluding hydrogens is 338 g/mol. The Morgan fingerprint density at radius 2 is 1.68 bits per heavy atom. The fraction of sp³-hybridized carbons (Fsp3) is 0.368. The number of pyridine rings is 1. The first-order valence-corrected chi connectivity index (χ1v) is 9.64. The van der Waals surface area contributed by atoms with E-state index in [9.17, 15) is 13.2 Å². The van der Waals surface area contributed by atoms with E-state index in [1.54, 1.807) is 19.1 Å². The highest BCUT2D eigenvalue weighted by molar-refractivity contribution is 7.85. The predicted octanol–water partition coefficient (Wildman–Crippen LogP) is 3.53. The van der Waals surface area contributed by atoms with Gasteiger partial charge in [0.2, 0.25) is 0 Å². The van der Waals surface area contributed by atoms with Crippen LogP contribution in [0.5, 0.6) is 0 Å². The second kappa shape index (κ2) is 9.44. The highest BCUT2D eigenvalue weighted by Crippen LogP contribution is 2.08. The zero-order valence-electron chi connectivity index (χ0n) is 15.2. The van der Waals surface area contributed by atoms with E-state index in [1.807, 2.05) is 25.3 Å². The molecule has 25 heavy (non-hydrogen) atoms. The molecule has 2 aromatic rings. The van der Waals surface area contributed by atoms with Crippen molar-refractivity contribution in [3.63, 3.8) is 0 Å². The number of Topliss-reactive ketones (excluding diaryl/α,β-unsaturated/α-hetero) is 1. The molecule has 0 bridgehead atoms. The molecule has 0 spiro atoms. The Labute approximate surface area is 150 Å². The number of benzene rings is 1. The van der Waals surface area contributed by atoms with E-state index in [0.717, 1.165) is 24.1 Å². The Morgan fingerprint density at radius 3 is 2.16 bits per heavy atom. The van der Waals surface area contributed by atoms with Gasteiger partial charge in [0, 0.05) is 19.4 Å². The van der Waals surface area contributed by atoms with Gasteiger partial charge in [-0.05, 0) is 32.0 Å². The lowest BCUT2D eigenvalue weighted by atomic mass is 10.2. The molecule has 1 N–H and O–H groups in total. The zero-order chi connectivity index (χ0) is 19.0. The van der Waals surface area contributed by atoms with Gasteiger partial charge in [0.1, 0.15) is 6.54 Å². The van der Waals surface area contributed by atoms with Crippen molar-refractivity contribution in [2.24, 2.45) is 0 Å². The van der Waals surface area contributed by atoms with E-state index >= 15 is 0 Å². The van der Waals surface area contributed by atoms with Crippen LogP contribution in [0.2, 0.25) is 0 Å². The topological polar surface area (TPSA) is 75.3 Å². The highest BCUT2D eigenvalue weighted by atomic mass is 32.2. The SMILES string of the molecule is CCCC[n+]1cc(C(C)=O)ccc1C.Cc1ccc(S(=O)(=O)O)cc1. The van der Waals surface area contributed by atoms with Crippen molar-refractivity contribution >= 4 is 15.9 Å². The lowest BCUT2D eigenvalue weighted by Gasteiger charge is -2.00. The first kappa shape index (κ1) is 21.0. The van der Waals surface area contributed by atoms with Gasteiger partial charge in [0.05, 0.1) is 10.5 Å². The summed E-state index contributed by atoms with van der Waals surface area (Å²) in [6.07, 6.45) is 4.29. The van der Waals surface area contributed by atoms with Crippen LogP contribution < -0.4 is 4.57 Å². The highest BCUT2D eigenvalue weighted by Gasteiger charge is 2.09. The number of aryl methyl sites for hydroxylation is 3. The van der Waals surface area contributed by atoms with E-state index in [4.69, 9.17) is 4.55 Å². The number of unbranched alkanes of at least 4 members (excludes halogenated alkanes) is 1. The van der Waals surface area contributed by atoms with Gasteiger partial charge in [-0.1, -0.05) is 31.0 Å². The molecule has 1 aromatic carbocycles. The molecule has 1 aromatic heterocycles. The zero-order valence-corrected chi connectivity index (χ0v) is 16.0. The van der Waals surface area contributed by atoms with Crippen molar-refractivity contribution in [3.05, 3.63) is 59.4 Å². The summed E-state index contributed by atoms with van der Waals surface area (Å²) in [6.45, 7) is 8.69. The van der Waals surface area contributed by atoms with Crippen LogP contribution in [0.15, 0.2) is 47.5 Å². The molecule has 0 radical (unpaired) electrons. The number of carbonyl (C=O) groups excluding carboxylic acids is 1. The lowest BCUT2D eigenvalue weighted by molar-refractivity contribution is -0.703. The Balaban J connectivity index is 0.000000257. The minimum atomic E-state index is -4.02. The van der Waals surface area contributed by atoms with E-state index in [2.05, 4.69) is 18.4 Å². The molecule has 0 fully saturated rings. The maximum absolute atomic E-state index is 11.2. The standard InChI is InChI=1S/C12H18NO.C7H8O3S/c1-4-5-8-13-9-12(11(3)14)7-6-10(13)2;1-6-2-4-7(5-3-6)11(8,9)10/h6-7,9H,4-5,8H2,1-3H3;2-5H,1H3,(H,8,9,10)/q+1;. The Kier molecular flexibility index (Phi) is 7.93. The largest absolute Gasteiger partial charge is 0.294 e. The number of carbonyl (C=O) groups is 1. The molecule has 2 rings (SSSR count). The Bertz CT molecular complexity index is 812. The summed E-state index contributed by atoms with van der Waals surface area (Å²) >= 11 is 0. The summed E-state index contributed by atoms with van der Waals surface area (Å²) in [4.78, 5) is 11.1. The molecule has 0 atom stereocenters. The number of hydrogen-bond acceptors (Lipinski definition) is 3. The van der Waals surface area contributed by atoms with Gasteiger partial charge in [0.15, 0.2) is 17.7 Å². The third kappa shape index (κ3) is 7.15. The molecule has 1 heterocycles. The number of aromatic nitrogens is 1. The lowest BCUT2D eigenvalue weighted by Crippen LogP contribution is -2.37. The average Bonchev–Trinajstić information content (AvgIpc) is 2.54. The minimum absolute atomic E-state index is 0.0666. The van der Waals surface area contributed by atoms with E-state index in [0.29, 0.717) is 0 Å². The molecule has 0 aliphatic carbocycles. The van der Waals surface area contributed by atoms with Crippen LogP contribution in [0, 0.1) is 13.8 Å². The van der Waals surface area contributed by atoms with Crippen molar-refractivity contribution in [2.45, 2.75) is 52.0 Å². The fourth-order valence-electron chi connectivity index (χ4n) is 2.11. The van der Waals surface area contributed by atoms with Crippen LogP contribution in [0.3, 0.4) is 0 Å². The molecular formula is C19H26NO4S+. The fourth-order valence-corrected chi connectivity index (χ4v) is 2.59. The maximum atomic E-state index is 11.2. The molecule has 0 aliphatic rings. The maximum Gasteiger partial charge on any atom is 0.294 e. The smallest absolute Gasteiger partial charge is 0.294 e. The first-order valence-electron chi connectivity index (χ1n) is 8.20. The molecule has 0 unspecified atom stereocenters. The summed E-state index contributed by atoms with van der Waals surface area (Å²) in [5, 5.41) is 0. The quantitative estimate of drug-likeness (QED) is 0.500. The van der Waals surface area contributed by atoms with Crippen molar-refractivity contribution in [1.29, 1.82) is 0 Å². The van der Waals surface area contributed by atoms with Crippen molar-refractivity contribution in [1.82, 2.24) is 0 Å². The second-order valence-electron chi connectivity index (χ2n) is 5.95. The van der Waals surface area contributed by atoms with Gasteiger partial charge in [-0.3, -0.25) is 9.35 Å². The molecule has 6 heteroatoms. The molecule has 0 saturated heterocycles. The van der Waals surface area contributed by atoms with Crippen LogP contribution in [0.1, 0.15) is 48.3 Å². The summed E-state index contributed by atoms with van der Waals surface area (Å²) in [6, 6.07) is 9.88.